The largest absolute Gasteiger partial charge is 0.391 e. The van der Waals surface area contributed by atoms with Crippen molar-refractivity contribution in [1.82, 2.24) is 4.72 Å². The summed E-state index contributed by atoms with van der Waals surface area (Å²) < 4.78 is 62.9. The lowest BCUT2D eigenvalue weighted by Gasteiger charge is -2.30. The highest BCUT2D eigenvalue weighted by molar-refractivity contribution is 7.89. The van der Waals surface area contributed by atoms with E-state index in [-0.39, 0.29) is 18.6 Å². The zero-order chi connectivity index (χ0) is 13.1. The SMILES string of the molecule is CCCS(=O)(=O)NC1CCCC(C(F)(F)F)C1. The first-order valence-electron chi connectivity index (χ1n) is 5.81. The van der Waals surface area contributed by atoms with E-state index in [1.54, 1.807) is 6.92 Å². The van der Waals surface area contributed by atoms with E-state index >= 15 is 0 Å². The summed E-state index contributed by atoms with van der Waals surface area (Å²) >= 11 is 0. The number of nitrogens with one attached hydrogen (secondary N) is 1. The first-order valence-corrected chi connectivity index (χ1v) is 7.46. The second-order valence-corrected chi connectivity index (χ2v) is 6.41. The lowest BCUT2D eigenvalue weighted by molar-refractivity contribution is -0.183. The molecule has 1 aliphatic carbocycles. The summed E-state index contributed by atoms with van der Waals surface area (Å²) in [6.45, 7) is 1.72. The van der Waals surface area contributed by atoms with Crippen LogP contribution in [-0.2, 0) is 10.0 Å². The van der Waals surface area contributed by atoms with Crippen LogP contribution in [0.1, 0.15) is 39.0 Å². The molecular formula is C10H18F3NO2S. The average Bonchev–Trinajstić information content (AvgIpc) is 2.15. The van der Waals surface area contributed by atoms with Crippen molar-refractivity contribution in [3.05, 3.63) is 0 Å². The highest BCUT2D eigenvalue weighted by Crippen LogP contribution is 2.37. The number of halogens is 3. The number of hydrogen-bond donors (Lipinski definition) is 1. The zero-order valence-corrected chi connectivity index (χ0v) is 10.6. The second-order valence-electron chi connectivity index (χ2n) is 4.54. The number of hydrogen-bond acceptors (Lipinski definition) is 2. The topological polar surface area (TPSA) is 46.2 Å². The zero-order valence-electron chi connectivity index (χ0n) is 9.76. The molecule has 0 amide bonds. The maximum absolute atomic E-state index is 12.5. The van der Waals surface area contributed by atoms with Crippen molar-refractivity contribution < 1.29 is 21.6 Å². The normalized spacial score (nSPS) is 27.1. The number of rotatable bonds is 4. The molecule has 0 spiro atoms. The minimum absolute atomic E-state index is 0.0276. The van der Waals surface area contributed by atoms with Gasteiger partial charge in [0.05, 0.1) is 11.7 Å². The van der Waals surface area contributed by atoms with Gasteiger partial charge in [0.25, 0.3) is 0 Å². The van der Waals surface area contributed by atoms with E-state index in [9.17, 15) is 21.6 Å². The lowest BCUT2D eigenvalue weighted by atomic mass is 9.86. The molecule has 1 rings (SSSR count). The molecule has 3 nitrogen and oxygen atoms in total. The van der Waals surface area contributed by atoms with E-state index in [0.717, 1.165) is 0 Å². The van der Waals surface area contributed by atoms with E-state index in [2.05, 4.69) is 4.72 Å². The van der Waals surface area contributed by atoms with Crippen LogP contribution < -0.4 is 4.72 Å². The van der Waals surface area contributed by atoms with Crippen molar-refractivity contribution in [3.8, 4) is 0 Å². The van der Waals surface area contributed by atoms with Gasteiger partial charge in [0, 0.05) is 6.04 Å². The lowest BCUT2D eigenvalue weighted by Crippen LogP contribution is -2.42. The summed E-state index contributed by atoms with van der Waals surface area (Å²) in [6, 6.07) is -0.563. The summed E-state index contributed by atoms with van der Waals surface area (Å²) in [5.74, 6) is -1.40. The Morgan fingerprint density at radius 3 is 2.47 bits per heavy atom. The molecule has 2 unspecified atom stereocenters. The van der Waals surface area contributed by atoms with Gasteiger partial charge in [0.15, 0.2) is 0 Å². The first-order chi connectivity index (χ1) is 7.74. The van der Waals surface area contributed by atoms with Crippen molar-refractivity contribution >= 4 is 10.0 Å². The van der Waals surface area contributed by atoms with Crippen LogP contribution in [0.2, 0.25) is 0 Å². The van der Waals surface area contributed by atoms with Gasteiger partial charge in [-0.25, -0.2) is 13.1 Å². The minimum atomic E-state index is -4.21. The fourth-order valence-electron chi connectivity index (χ4n) is 2.18. The molecule has 0 heterocycles. The van der Waals surface area contributed by atoms with Crippen LogP contribution in [0.5, 0.6) is 0 Å². The quantitative estimate of drug-likeness (QED) is 0.855. The van der Waals surface area contributed by atoms with Gasteiger partial charge in [-0.1, -0.05) is 13.3 Å². The molecule has 2 atom stereocenters. The van der Waals surface area contributed by atoms with Crippen molar-refractivity contribution in [1.29, 1.82) is 0 Å². The standard InChI is InChI=1S/C10H18F3NO2S/c1-2-6-17(15,16)14-9-5-3-4-8(7-9)10(11,12)13/h8-9,14H,2-7H2,1H3. The van der Waals surface area contributed by atoms with Crippen LogP contribution in [0.15, 0.2) is 0 Å². The molecule has 0 radical (unpaired) electrons. The molecule has 1 aliphatic rings. The van der Waals surface area contributed by atoms with Gasteiger partial charge >= 0.3 is 6.18 Å². The van der Waals surface area contributed by atoms with Crippen LogP contribution >= 0.6 is 0 Å². The van der Waals surface area contributed by atoms with Gasteiger partial charge in [0.1, 0.15) is 0 Å². The van der Waals surface area contributed by atoms with Crippen LogP contribution in [-0.4, -0.2) is 26.4 Å². The van der Waals surface area contributed by atoms with Crippen molar-refractivity contribution in [2.75, 3.05) is 5.75 Å². The average molecular weight is 273 g/mol. The van der Waals surface area contributed by atoms with Crippen molar-refractivity contribution in [3.63, 3.8) is 0 Å². The highest BCUT2D eigenvalue weighted by atomic mass is 32.2. The molecule has 0 saturated heterocycles. The second kappa shape index (κ2) is 5.56. The Bertz CT molecular complexity index is 340. The maximum Gasteiger partial charge on any atom is 0.391 e. The predicted octanol–water partition coefficient (Wildman–Crippen LogP) is 2.44. The smallest absolute Gasteiger partial charge is 0.212 e. The van der Waals surface area contributed by atoms with Crippen molar-refractivity contribution in [2.45, 2.75) is 51.2 Å². The summed E-state index contributed by atoms with van der Waals surface area (Å²) in [5, 5.41) is 0. The Kier molecular flexibility index (Phi) is 4.83. The Labute approximate surface area is 99.8 Å². The Hall–Kier alpha value is -0.300. The third kappa shape index (κ3) is 4.83. The maximum atomic E-state index is 12.5. The third-order valence-electron chi connectivity index (χ3n) is 2.96. The number of sulfonamides is 1. The molecule has 0 aromatic carbocycles. The summed E-state index contributed by atoms with van der Waals surface area (Å²) in [7, 11) is -3.42. The Morgan fingerprint density at radius 2 is 1.94 bits per heavy atom. The van der Waals surface area contributed by atoms with Gasteiger partial charge in [0.2, 0.25) is 10.0 Å². The van der Waals surface area contributed by atoms with Crippen LogP contribution in [0.4, 0.5) is 13.2 Å². The van der Waals surface area contributed by atoms with Gasteiger partial charge in [-0.15, -0.1) is 0 Å². The van der Waals surface area contributed by atoms with E-state index in [1.807, 2.05) is 0 Å². The van der Waals surface area contributed by atoms with Gasteiger partial charge in [-0.3, -0.25) is 0 Å². The number of alkyl halides is 3. The molecule has 7 heteroatoms. The molecule has 0 aromatic heterocycles. The predicted molar refractivity (Wildman–Crippen MR) is 59.0 cm³/mol. The van der Waals surface area contributed by atoms with Crippen LogP contribution in [0.25, 0.3) is 0 Å². The van der Waals surface area contributed by atoms with E-state index in [4.69, 9.17) is 0 Å². The highest BCUT2D eigenvalue weighted by Gasteiger charge is 2.42. The molecular weight excluding hydrogens is 255 g/mol. The first kappa shape index (κ1) is 14.8. The molecule has 102 valence electrons. The summed E-state index contributed by atoms with van der Waals surface area (Å²) in [6.07, 6.45) is -2.86. The van der Waals surface area contributed by atoms with Gasteiger partial charge in [-0.05, 0) is 25.7 Å². The fraction of sp³-hybridized carbons (Fsp3) is 1.00. The molecule has 0 aliphatic heterocycles. The molecule has 1 saturated carbocycles. The van der Waals surface area contributed by atoms with E-state index < -0.39 is 28.2 Å². The molecule has 1 fully saturated rings. The Morgan fingerprint density at radius 1 is 1.29 bits per heavy atom. The summed E-state index contributed by atoms with van der Waals surface area (Å²) in [4.78, 5) is 0. The van der Waals surface area contributed by atoms with E-state index in [1.165, 1.54) is 0 Å². The molecule has 1 N–H and O–H groups in total. The minimum Gasteiger partial charge on any atom is -0.212 e. The van der Waals surface area contributed by atoms with Gasteiger partial charge in [-0.2, -0.15) is 13.2 Å². The van der Waals surface area contributed by atoms with Gasteiger partial charge < -0.3 is 0 Å². The van der Waals surface area contributed by atoms with E-state index in [0.29, 0.717) is 19.3 Å². The molecule has 0 aromatic rings. The monoisotopic (exact) mass is 273 g/mol. The Balaban J connectivity index is 2.56. The van der Waals surface area contributed by atoms with Crippen molar-refractivity contribution in [2.24, 2.45) is 5.92 Å². The fourth-order valence-corrected chi connectivity index (χ4v) is 3.55. The molecule has 17 heavy (non-hydrogen) atoms. The van der Waals surface area contributed by atoms with Crippen LogP contribution in [0, 0.1) is 5.92 Å². The molecule has 0 bridgehead atoms. The third-order valence-corrected chi connectivity index (χ3v) is 4.59. The summed E-state index contributed by atoms with van der Waals surface area (Å²) in [5.41, 5.74) is 0. The van der Waals surface area contributed by atoms with Crippen LogP contribution in [0.3, 0.4) is 0 Å².